The lowest BCUT2D eigenvalue weighted by Gasteiger charge is -2.16. The number of nitrogens with zero attached hydrogens (tertiary/aromatic N) is 2. The summed E-state index contributed by atoms with van der Waals surface area (Å²) in [5.41, 5.74) is 2.82. The number of hydrogen-bond acceptors (Lipinski definition) is 4. The molecule has 0 bridgehead atoms. The van der Waals surface area contributed by atoms with E-state index >= 15 is 0 Å². The van der Waals surface area contributed by atoms with E-state index in [0.29, 0.717) is 22.6 Å². The summed E-state index contributed by atoms with van der Waals surface area (Å²) in [6, 6.07) is 10.4. The number of hydrogen-bond donors (Lipinski definition) is 3. The highest BCUT2D eigenvalue weighted by atomic mass is 79.9. The normalized spacial score (nSPS) is 11.3. The van der Waals surface area contributed by atoms with E-state index in [1.165, 1.54) is 12.5 Å². The predicted octanol–water partition coefficient (Wildman–Crippen LogP) is 4.73. The van der Waals surface area contributed by atoms with Crippen LogP contribution in [0.25, 0.3) is 0 Å². The molecule has 1 aromatic carbocycles. The van der Waals surface area contributed by atoms with E-state index < -0.39 is 16.0 Å². The smallest absolute Gasteiger partial charge is 0.291 e. The number of nitrogens with one attached hydrogen (secondary N) is 1. The second-order valence-corrected chi connectivity index (χ2v) is 11.1. The molecule has 2 heterocycles. The van der Waals surface area contributed by atoms with Crippen molar-refractivity contribution in [2.75, 3.05) is 22.7 Å². The molecule has 0 saturated carbocycles. The molecule has 0 spiro atoms. The Balaban J connectivity index is 1.75. The van der Waals surface area contributed by atoms with E-state index in [1.54, 1.807) is 49.7 Å². The Morgan fingerprint density at radius 3 is 2.73 bits per heavy atom. The van der Waals surface area contributed by atoms with Gasteiger partial charge in [0.1, 0.15) is 0 Å². The Kier molecular flexibility index (Phi) is 8.33. The van der Waals surface area contributed by atoms with Gasteiger partial charge in [0.05, 0.1) is 11.8 Å². The van der Waals surface area contributed by atoms with Gasteiger partial charge in [0.25, 0.3) is 11.8 Å². The molecule has 2 amide bonds. The van der Waals surface area contributed by atoms with Crippen LogP contribution in [0.5, 0.6) is 0 Å². The Morgan fingerprint density at radius 2 is 2.00 bits per heavy atom. The molecule has 0 atom stereocenters. The number of rotatable bonds is 6. The quantitative estimate of drug-likeness (QED) is 0.243. The van der Waals surface area contributed by atoms with Gasteiger partial charge in [0.15, 0.2) is 5.76 Å². The van der Waals surface area contributed by atoms with Crippen molar-refractivity contribution in [3.63, 3.8) is 0 Å². The summed E-state index contributed by atoms with van der Waals surface area (Å²) < 4.78 is 19.6. The number of halogens is 1. The zero-order valence-corrected chi connectivity index (χ0v) is 20.7. The van der Waals surface area contributed by atoms with Crippen molar-refractivity contribution in [2.45, 2.75) is 13.3 Å². The van der Waals surface area contributed by atoms with Crippen LogP contribution in [0.2, 0.25) is 0 Å². The van der Waals surface area contributed by atoms with Gasteiger partial charge < -0.3 is 14.3 Å². The highest BCUT2D eigenvalue weighted by Gasteiger charge is 2.13. The van der Waals surface area contributed by atoms with E-state index in [-0.39, 0.29) is 17.2 Å². The summed E-state index contributed by atoms with van der Waals surface area (Å²) in [6.07, 6.45) is 6.78. The van der Waals surface area contributed by atoms with E-state index in [2.05, 4.69) is 42.4 Å². The first kappa shape index (κ1) is 24.6. The lowest BCUT2D eigenvalue weighted by molar-refractivity contribution is 0.0991. The van der Waals surface area contributed by atoms with Crippen LogP contribution in [0.4, 0.5) is 5.69 Å². The first-order chi connectivity index (χ1) is 15.8. The Hall–Kier alpha value is -3.06. The third kappa shape index (κ3) is 7.22. The maximum absolute atomic E-state index is 12.5. The highest BCUT2D eigenvalue weighted by Crippen LogP contribution is 2.15. The van der Waals surface area contributed by atoms with Crippen molar-refractivity contribution in [1.29, 1.82) is 0 Å². The zero-order valence-electron chi connectivity index (χ0n) is 18.2. The standard InChI is InChI=1S/C24H24BrN3O4S/c1-17-9-11-32-22(17)24(30)27-21-6-3-5-18(14-21)7-8-19-13-20(16-26-15-19)23(29)28-33(2,31)12-4-10-25/h3,5-6,9,11,13-16,33H,4,10,12H2,1-2H3,(H,27,30)(H,28,29,31). The molecule has 2 N–H and O–H groups in total. The van der Waals surface area contributed by atoms with Crippen molar-refractivity contribution in [1.82, 2.24) is 4.98 Å². The van der Waals surface area contributed by atoms with E-state index in [9.17, 15) is 14.1 Å². The van der Waals surface area contributed by atoms with Gasteiger partial charge in [-0.25, -0.2) is 0 Å². The van der Waals surface area contributed by atoms with Crippen molar-refractivity contribution in [3.8, 4) is 11.8 Å². The molecule has 0 aliphatic heterocycles. The van der Waals surface area contributed by atoms with Gasteiger partial charge >= 0.3 is 0 Å². The molecule has 0 fully saturated rings. The SMILES string of the molecule is Cc1ccoc1C(=O)Nc1cccc(C#Cc2cncc(C(=O)N=[SH](C)(O)CCCBr)c2)c1. The van der Waals surface area contributed by atoms with E-state index in [1.807, 2.05) is 6.07 Å². The molecule has 0 aliphatic rings. The van der Waals surface area contributed by atoms with E-state index in [4.69, 9.17) is 4.42 Å². The largest absolute Gasteiger partial charge is 0.459 e. The molecule has 3 rings (SSSR count). The minimum absolute atomic E-state index is 0.262. The molecule has 3 aromatic rings. The van der Waals surface area contributed by atoms with Gasteiger partial charge in [-0.15, -0.1) is 10.1 Å². The molecule has 2 aromatic heterocycles. The third-order valence-corrected chi connectivity index (χ3v) is 6.88. The molecule has 7 nitrogen and oxygen atoms in total. The van der Waals surface area contributed by atoms with Gasteiger partial charge in [-0.1, -0.05) is 33.8 Å². The zero-order chi connectivity index (χ0) is 23.8. The molecule has 0 saturated heterocycles. The highest BCUT2D eigenvalue weighted by molar-refractivity contribution is 9.09. The van der Waals surface area contributed by atoms with Crippen molar-refractivity contribution >= 4 is 43.5 Å². The fourth-order valence-electron chi connectivity index (χ4n) is 2.90. The van der Waals surface area contributed by atoms with Gasteiger partial charge in [-0.3, -0.25) is 14.6 Å². The number of carbonyl (C=O) groups excluding carboxylic acids is 2. The summed E-state index contributed by atoms with van der Waals surface area (Å²) in [5, 5.41) is 3.53. The molecule has 0 unspecified atom stereocenters. The fourth-order valence-corrected chi connectivity index (χ4v) is 4.98. The van der Waals surface area contributed by atoms with Gasteiger partial charge in [0, 0.05) is 45.9 Å². The molecule has 0 aliphatic carbocycles. The summed E-state index contributed by atoms with van der Waals surface area (Å²) in [5.74, 6) is 5.88. The first-order valence-electron chi connectivity index (χ1n) is 10.1. The van der Waals surface area contributed by atoms with Crippen LogP contribution >= 0.6 is 15.9 Å². The van der Waals surface area contributed by atoms with Crippen LogP contribution in [-0.4, -0.2) is 38.7 Å². The van der Waals surface area contributed by atoms with Gasteiger partial charge in [-0.05, 0) is 49.9 Å². The van der Waals surface area contributed by atoms with Gasteiger partial charge in [-0.2, -0.15) is 4.36 Å². The van der Waals surface area contributed by atoms with E-state index in [0.717, 1.165) is 17.3 Å². The minimum atomic E-state index is -2.66. The van der Waals surface area contributed by atoms with Gasteiger partial charge in [0.2, 0.25) is 0 Å². The number of aromatic nitrogens is 1. The Labute approximate surface area is 202 Å². The number of anilines is 1. The summed E-state index contributed by atoms with van der Waals surface area (Å²) in [6.45, 7) is 1.80. The molecular formula is C24H24BrN3O4S. The Morgan fingerprint density at radius 1 is 1.21 bits per heavy atom. The average molecular weight is 530 g/mol. The summed E-state index contributed by atoms with van der Waals surface area (Å²) in [7, 11) is -2.66. The maximum atomic E-state index is 12.5. The summed E-state index contributed by atoms with van der Waals surface area (Å²) >= 11 is 3.32. The first-order valence-corrected chi connectivity index (χ1v) is 13.6. The molecule has 172 valence electrons. The number of alkyl halides is 1. The molecular weight excluding hydrogens is 506 g/mol. The Bertz CT molecular complexity index is 1280. The number of pyridine rings is 1. The topological polar surface area (TPSA) is 105 Å². The molecule has 33 heavy (non-hydrogen) atoms. The third-order valence-electron chi connectivity index (χ3n) is 4.55. The number of aryl methyl sites for hydroxylation is 1. The summed E-state index contributed by atoms with van der Waals surface area (Å²) in [4.78, 5) is 28.9. The number of thiol groups is 1. The van der Waals surface area contributed by atoms with Crippen LogP contribution < -0.4 is 5.32 Å². The number of furan rings is 1. The second-order valence-electron chi connectivity index (χ2n) is 7.44. The fraction of sp³-hybridized carbons (Fsp3) is 0.208. The van der Waals surface area contributed by atoms with Crippen LogP contribution in [0.1, 0.15) is 44.0 Å². The second kappa shape index (κ2) is 11.2. The van der Waals surface area contributed by atoms with Crippen molar-refractivity contribution in [3.05, 3.63) is 83.1 Å². The van der Waals surface area contributed by atoms with Crippen LogP contribution in [0.3, 0.4) is 0 Å². The molecule has 0 radical (unpaired) electrons. The van der Waals surface area contributed by atoms with Crippen LogP contribution in [-0.2, 0) is 10.1 Å². The lowest BCUT2D eigenvalue weighted by Crippen LogP contribution is -2.16. The predicted molar refractivity (Wildman–Crippen MR) is 135 cm³/mol. The van der Waals surface area contributed by atoms with Crippen molar-refractivity contribution in [2.24, 2.45) is 4.36 Å². The maximum Gasteiger partial charge on any atom is 0.291 e. The number of amides is 2. The minimum Gasteiger partial charge on any atom is -0.459 e. The number of carbonyl (C=O) groups is 2. The number of benzene rings is 1. The van der Waals surface area contributed by atoms with Crippen LogP contribution in [0, 0.1) is 18.8 Å². The average Bonchev–Trinajstić information content (AvgIpc) is 3.22. The lowest BCUT2D eigenvalue weighted by atomic mass is 10.1. The van der Waals surface area contributed by atoms with Crippen LogP contribution in [0.15, 0.2) is 63.8 Å². The van der Waals surface area contributed by atoms with Crippen molar-refractivity contribution < 1.29 is 18.6 Å². The monoisotopic (exact) mass is 529 g/mol. The molecule has 9 heteroatoms.